The van der Waals surface area contributed by atoms with Crippen molar-refractivity contribution < 1.29 is 13.7 Å². The minimum absolute atomic E-state index is 0.106. The molecule has 0 radical (unpaired) electrons. The van der Waals surface area contributed by atoms with Gasteiger partial charge in [0.2, 0.25) is 0 Å². The molecule has 2 aromatic heterocycles. The van der Waals surface area contributed by atoms with E-state index >= 15 is 0 Å². The van der Waals surface area contributed by atoms with Crippen molar-refractivity contribution in [3.05, 3.63) is 151 Å². The summed E-state index contributed by atoms with van der Waals surface area (Å²) in [6.07, 6.45) is 0. The van der Waals surface area contributed by atoms with E-state index < -0.39 is 12.1 Å². The van der Waals surface area contributed by atoms with E-state index in [1.54, 1.807) is 11.3 Å². The summed E-state index contributed by atoms with van der Waals surface area (Å²) in [7, 11) is 0. The molecule has 0 fully saturated rings. The Morgan fingerprint density at radius 1 is 0.523 bits per heavy atom. The monoisotopic (exact) mass is 585 g/mol. The lowest BCUT2D eigenvalue weighted by Crippen LogP contribution is -1.93. The summed E-state index contributed by atoms with van der Waals surface area (Å²) in [6.45, 7) is 0. The third-order valence-corrected chi connectivity index (χ3v) is 9.92. The van der Waals surface area contributed by atoms with E-state index in [2.05, 4.69) is 30.3 Å². The van der Waals surface area contributed by atoms with Crippen molar-refractivity contribution in [2.75, 3.05) is 0 Å². The SMILES string of the molecule is [2H]c1c([2H])c([2H])c(-c2ccc3ccc4c(-c5ccc6c(c5)c5sc7ccccc7c5n6-c5c([2H])c([2H])c([2H])c([2H])c5[2H])ccc5ccc2c3c54)c([2H])c1[2H]. The first-order chi connectivity index (χ1) is 26.0. The molecule has 0 N–H and O–H groups in total. The third kappa shape index (κ3) is 3.29. The van der Waals surface area contributed by atoms with Crippen molar-refractivity contribution in [2.24, 2.45) is 0 Å². The number of thiophene rings is 1. The lowest BCUT2D eigenvalue weighted by Gasteiger charge is -2.16. The first-order valence-electron chi connectivity index (χ1n) is 19.3. The number of hydrogen-bond acceptors (Lipinski definition) is 1. The van der Waals surface area contributed by atoms with Crippen LogP contribution in [0.1, 0.15) is 13.7 Å². The Morgan fingerprint density at radius 3 is 1.89 bits per heavy atom. The maximum atomic E-state index is 8.88. The van der Waals surface area contributed by atoms with Crippen LogP contribution in [0.3, 0.4) is 0 Å². The largest absolute Gasteiger partial charge is 0.308 e. The Bertz CT molecular complexity index is 3230. The van der Waals surface area contributed by atoms with Crippen LogP contribution in [0, 0.1) is 0 Å². The van der Waals surface area contributed by atoms with E-state index in [9.17, 15) is 0 Å². The summed E-state index contributed by atoms with van der Waals surface area (Å²) < 4.78 is 88.8. The Hall–Kier alpha value is -5.44. The lowest BCUT2D eigenvalue weighted by molar-refractivity contribution is 1.19. The molecule has 0 aliphatic carbocycles. The van der Waals surface area contributed by atoms with Gasteiger partial charge in [-0.05, 0) is 84.9 Å². The van der Waals surface area contributed by atoms with Crippen molar-refractivity contribution in [1.29, 1.82) is 0 Å². The predicted molar refractivity (Wildman–Crippen MR) is 191 cm³/mol. The fraction of sp³-hybridized carbons (Fsp3) is 0. The van der Waals surface area contributed by atoms with Gasteiger partial charge in [0.15, 0.2) is 0 Å². The van der Waals surface area contributed by atoms with Crippen LogP contribution in [0.2, 0.25) is 0 Å². The molecular weight excluding hydrogens is 551 g/mol. The van der Waals surface area contributed by atoms with Gasteiger partial charge in [-0.15, -0.1) is 11.3 Å². The molecule has 2 heteroatoms. The summed E-state index contributed by atoms with van der Waals surface area (Å²) in [4.78, 5) is 0. The standard InChI is InChI=1S/C42H25NS/c1-3-9-26(10-4-1)31-20-15-27-18-23-34-32(21-16-28-17-22-33(31)39(27)40(28)34)29-19-24-37-36(25-29)42-41(35-13-7-8-14-38(35)44-42)43(37)30-11-5-2-6-12-30/h1-25H/i1D,2D,3D,4D,5D,6D,9D,10D,11D,12D. The van der Waals surface area contributed by atoms with Gasteiger partial charge in [-0.25, -0.2) is 0 Å². The van der Waals surface area contributed by atoms with Crippen LogP contribution in [0.25, 0.3) is 91.5 Å². The van der Waals surface area contributed by atoms with Gasteiger partial charge in [0.1, 0.15) is 0 Å². The fourth-order valence-electron chi connectivity index (χ4n) is 6.88. The number of hydrogen-bond donors (Lipinski definition) is 0. The molecule has 1 nitrogen and oxygen atoms in total. The van der Waals surface area contributed by atoms with Crippen LogP contribution < -0.4 is 0 Å². The highest BCUT2D eigenvalue weighted by Gasteiger charge is 2.20. The average molecular weight is 586 g/mol. The number of aromatic nitrogens is 1. The molecule has 0 atom stereocenters. The topological polar surface area (TPSA) is 4.93 Å². The Labute approximate surface area is 272 Å². The molecule has 2 heterocycles. The van der Waals surface area contributed by atoms with Gasteiger partial charge in [-0.3, -0.25) is 0 Å². The van der Waals surface area contributed by atoms with Crippen molar-refractivity contribution in [3.8, 4) is 27.9 Å². The molecule has 204 valence electrons. The van der Waals surface area contributed by atoms with Gasteiger partial charge < -0.3 is 4.57 Å². The average Bonchev–Trinajstić information content (AvgIpc) is 3.72. The molecule has 10 aromatic rings. The van der Waals surface area contributed by atoms with Gasteiger partial charge in [0.25, 0.3) is 0 Å². The zero-order valence-corrected chi connectivity index (χ0v) is 23.8. The molecule has 44 heavy (non-hydrogen) atoms. The van der Waals surface area contributed by atoms with Crippen LogP contribution >= 0.6 is 11.3 Å². The molecule has 0 saturated carbocycles. The zero-order valence-electron chi connectivity index (χ0n) is 33.0. The number of nitrogens with zero attached hydrogens (tertiary/aromatic N) is 1. The fourth-order valence-corrected chi connectivity index (χ4v) is 8.09. The number of fused-ring (bicyclic) bond motifs is 5. The smallest absolute Gasteiger partial charge is 0.0727 e. The summed E-state index contributed by atoms with van der Waals surface area (Å²) in [5, 5.41) is 7.52. The van der Waals surface area contributed by atoms with Crippen molar-refractivity contribution in [3.63, 3.8) is 0 Å². The van der Waals surface area contributed by atoms with Gasteiger partial charge in [-0.2, -0.15) is 0 Å². The number of rotatable bonds is 3. The highest BCUT2D eigenvalue weighted by molar-refractivity contribution is 7.26. The molecule has 0 aliphatic rings. The second-order valence-corrected chi connectivity index (χ2v) is 12.0. The van der Waals surface area contributed by atoms with E-state index in [0.717, 1.165) is 74.6 Å². The second-order valence-electron chi connectivity index (χ2n) is 11.0. The molecule has 0 unspecified atom stereocenters. The summed E-state index contributed by atoms with van der Waals surface area (Å²) in [6, 6.07) is 26.7. The van der Waals surface area contributed by atoms with Gasteiger partial charge in [0, 0.05) is 21.2 Å². The molecule has 0 spiro atoms. The third-order valence-electron chi connectivity index (χ3n) is 8.73. The predicted octanol–water partition coefficient (Wildman–Crippen LogP) is 12.2. The van der Waals surface area contributed by atoms with Crippen LogP contribution in [0.5, 0.6) is 0 Å². The highest BCUT2D eigenvalue weighted by Crippen LogP contribution is 2.46. The minimum atomic E-state index is -0.437. The molecule has 10 rings (SSSR count). The van der Waals surface area contributed by atoms with Crippen molar-refractivity contribution >= 4 is 74.9 Å². The van der Waals surface area contributed by atoms with Crippen molar-refractivity contribution in [1.82, 2.24) is 4.57 Å². The van der Waals surface area contributed by atoms with Crippen molar-refractivity contribution in [2.45, 2.75) is 0 Å². The lowest BCUT2D eigenvalue weighted by atomic mass is 9.87. The van der Waals surface area contributed by atoms with Crippen LogP contribution in [0.4, 0.5) is 0 Å². The summed E-state index contributed by atoms with van der Waals surface area (Å²) >= 11 is 1.61. The Kier molecular flexibility index (Phi) is 3.37. The van der Waals surface area contributed by atoms with E-state index in [-0.39, 0.29) is 59.6 Å². The van der Waals surface area contributed by atoms with E-state index in [1.807, 2.05) is 65.2 Å². The maximum Gasteiger partial charge on any atom is 0.0727 e. The van der Waals surface area contributed by atoms with Crippen LogP contribution in [0.15, 0.2) is 151 Å². The normalized spacial score (nSPS) is 15.3. The highest BCUT2D eigenvalue weighted by atomic mass is 32.1. The van der Waals surface area contributed by atoms with Crippen LogP contribution in [-0.2, 0) is 0 Å². The van der Waals surface area contributed by atoms with E-state index in [4.69, 9.17) is 13.7 Å². The maximum absolute atomic E-state index is 8.88. The first-order valence-corrected chi connectivity index (χ1v) is 15.1. The summed E-state index contributed by atoms with van der Waals surface area (Å²) in [5.74, 6) is 0. The Balaban J connectivity index is 1.26. The molecule has 0 amide bonds. The molecule has 0 aliphatic heterocycles. The summed E-state index contributed by atoms with van der Waals surface area (Å²) in [5.41, 5.74) is 4.26. The zero-order chi connectivity index (χ0) is 37.5. The molecule has 0 bridgehead atoms. The Morgan fingerprint density at radius 2 is 1.16 bits per heavy atom. The van der Waals surface area contributed by atoms with Gasteiger partial charge >= 0.3 is 0 Å². The first kappa shape index (κ1) is 16.4. The molecule has 0 saturated heterocycles. The molecular formula is C42H25NS. The quantitative estimate of drug-likeness (QED) is 0.182. The number of para-hydroxylation sites is 1. The van der Waals surface area contributed by atoms with E-state index in [0.29, 0.717) is 5.56 Å². The van der Waals surface area contributed by atoms with Gasteiger partial charge in [0.05, 0.1) is 29.4 Å². The van der Waals surface area contributed by atoms with E-state index in [1.165, 1.54) is 0 Å². The minimum Gasteiger partial charge on any atom is -0.308 e. The van der Waals surface area contributed by atoms with Gasteiger partial charge in [-0.1, -0.05) is 121 Å². The van der Waals surface area contributed by atoms with Crippen LogP contribution in [-0.4, -0.2) is 4.57 Å². The number of benzene rings is 8. The second kappa shape index (κ2) is 9.03. The molecule has 8 aromatic carbocycles.